The summed E-state index contributed by atoms with van der Waals surface area (Å²) in [6, 6.07) is 13.2. The van der Waals surface area contributed by atoms with Crippen LogP contribution < -0.4 is 5.69 Å². The Morgan fingerprint density at radius 1 is 1.10 bits per heavy atom. The molecular formula is C21H20N6O2. The predicted octanol–water partition coefficient (Wildman–Crippen LogP) is 1.85. The maximum absolute atomic E-state index is 12.8. The lowest BCUT2D eigenvalue weighted by atomic mass is 10.2. The fourth-order valence-electron chi connectivity index (χ4n) is 3.15. The number of hydrogen-bond donors (Lipinski definition) is 0. The van der Waals surface area contributed by atoms with Crippen molar-refractivity contribution in [2.24, 2.45) is 7.05 Å². The Kier molecular flexibility index (Phi) is 4.90. The third kappa shape index (κ3) is 3.64. The maximum atomic E-state index is 12.8. The summed E-state index contributed by atoms with van der Waals surface area (Å²) in [5.74, 6) is 0.317. The van der Waals surface area contributed by atoms with Crippen LogP contribution in [-0.4, -0.2) is 41.9 Å². The Hall–Kier alpha value is -3.81. The first-order valence-corrected chi connectivity index (χ1v) is 9.15. The van der Waals surface area contributed by atoms with Crippen molar-refractivity contribution in [1.29, 1.82) is 0 Å². The molecule has 0 saturated carbocycles. The number of nitrogens with zero attached hydrogens (tertiary/aromatic N) is 6. The van der Waals surface area contributed by atoms with Crippen LogP contribution in [0, 0.1) is 0 Å². The van der Waals surface area contributed by atoms with Crippen molar-refractivity contribution in [1.82, 2.24) is 29.0 Å². The molecule has 0 aliphatic rings. The summed E-state index contributed by atoms with van der Waals surface area (Å²) in [6.07, 6.45) is 5.02. The van der Waals surface area contributed by atoms with Crippen LogP contribution in [0.3, 0.4) is 0 Å². The molecule has 0 aliphatic carbocycles. The number of carbonyl (C=O) groups is 1. The highest BCUT2D eigenvalue weighted by atomic mass is 16.2. The zero-order valence-electron chi connectivity index (χ0n) is 16.2. The van der Waals surface area contributed by atoms with Gasteiger partial charge in [0.15, 0.2) is 11.5 Å². The van der Waals surface area contributed by atoms with Crippen LogP contribution >= 0.6 is 0 Å². The number of likely N-dealkylation sites (N-methyl/N-ethyl adjacent to an activating group) is 1. The van der Waals surface area contributed by atoms with Gasteiger partial charge in [0.05, 0.1) is 6.20 Å². The van der Waals surface area contributed by atoms with E-state index in [4.69, 9.17) is 0 Å². The van der Waals surface area contributed by atoms with E-state index >= 15 is 0 Å². The second-order valence-electron chi connectivity index (χ2n) is 6.81. The van der Waals surface area contributed by atoms with Crippen molar-refractivity contribution in [3.8, 4) is 11.4 Å². The van der Waals surface area contributed by atoms with E-state index in [1.807, 2.05) is 42.5 Å². The van der Waals surface area contributed by atoms with Crippen molar-refractivity contribution in [3.05, 3.63) is 77.1 Å². The van der Waals surface area contributed by atoms with E-state index in [9.17, 15) is 9.59 Å². The smallest absolute Gasteiger partial charge is 0.330 e. The summed E-state index contributed by atoms with van der Waals surface area (Å²) in [4.78, 5) is 40.1. The molecule has 8 nitrogen and oxygen atoms in total. The largest absolute Gasteiger partial charge is 0.340 e. The lowest BCUT2D eigenvalue weighted by molar-refractivity contribution is -0.131. The first-order chi connectivity index (χ1) is 14.0. The quantitative estimate of drug-likeness (QED) is 0.521. The van der Waals surface area contributed by atoms with Crippen molar-refractivity contribution in [2.75, 3.05) is 7.05 Å². The molecule has 3 heterocycles. The second-order valence-corrected chi connectivity index (χ2v) is 6.81. The van der Waals surface area contributed by atoms with Gasteiger partial charge in [-0.15, -0.1) is 0 Å². The summed E-state index contributed by atoms with van der Waals surface area (Å²) in [5.41, 5.74) is 2.48. The van der Waals surface area contributed by atoms with Crippen LogP contribution in [0.25, 0.3) is 22.6 Å². The van der Waals surface area contributed by atoms with E-state index in [1.54, 1.807) is 37.6 Å². The number of pyridine rings is 1. The fraction of sp³-hybridized carbons (Fsp3) is 0.190. The predicted molar refractivity (Wildman–Crippen MR) is 109 cm³/mol. The van der Waals surface area contributed by atoms with E-state index in [-0.39, 0.29) is 18.1 Å². The van der Waals surface area contributed by atoms with E-state index in [1.165, 1.54) is 9.13 Å². The Bertz CT molecular complexity index is 1210. The van der Waals surface area contributed by atoms with Gasteiger partial charge >= 0.3 is 5.69 Å². The summed E-state index contributed by atoms with van der Waals surface area (Å²) in [7, 11) is 3.35. The summed E-state index contributed by atoms with van der Waals surface area (Å²) in [6.45, 7) is 0.314. The highest BCUT2D eigenvalue weighted by molar-refractivity contribution is 5.79. The van der Waals surface area contributed by atoms with Gasteiger partial charge < -0.3 is 4.90 Å². The standard InChI is InChI=1S/C21H20N6O2/c1-25(13-15-7-6-10-22-11-15)18(28)14-27-20-17(26(2)21(27)29)12-23-19(24-20)16-8-4-3-5-9-16/h3-12H,13-14H2,1-2H3. The first-order valence-electron chi connectivity index (χ1n) is 9.15. The third-order valence-electron chi connectivity index (χ3n) is 4.78. The molecule has 0 N–H and O–H groups in total. The van der Waals surface area contributed by atoms with Gasteiger partial charge in [-0.2, -0.15) is 0 Å². The minimum absolute atomic E-state index is 0.0990. The number of aromatic nitrogens is 5. The molecule has 0 spiro atoms. The minimum Gasteiger partial charge on any atom is -0.340 e. The van der Waals surface area contributed by atoms with Crippen molar-refractivity contribution < 1.29 is 4.79 Å². The van der Waals surface area contributed by atoms with Crippen LogP contribution in [0.1, 0.15) is 5.56 Å². The molecule has 4 rings (SSSR count). The minimum atomic E-state index is -0.303. The molecule has 1 aromatic carbocycles. The van der Waals surface area contributed by atoms with Gasteiger partial charge in [0, 0.05) is 38.6 Å². The molecule has 0 radical (unpaired) electrons. The lowest BCUT2D eigenvalue weighted by Crippen LogP contribution is -2.34. The normalized spacial score (nSPS) is 11.0. The van der Waals surface area contributed by atoms with Crippen LogP contribution in [-0.2, 0) is 24.9 Å². The molecule has 8 heteroatoms. The molecule has 0 aliphatic heterocycles. The van der Waals surface area contributed by atoms with Crippen LogP contribution in [0.4, 0.5) is 0 Å². The molecule has 4 aromatic rings. The summed E-state index contributed by atoms with van der Waals surface area (Å²) < 4.78 is 2.85. The molecule has 0 bridgehead atoms. The van der Waals surface area contributed by atoms with Crippen LogP contribution in [0.5, 0.6) is 0 Å². The highest BCUT2D eigenvalue weighted by Gasteiger charge is 2.18. The summed E-state index contributed by atoms with van der Waals surface area (Å²) >= 11 is 0. The zero-order valence-corrected chi connectivity index (χ0v) is 16.2. The second kappa shape index (κ2) is 7.67. The third-order valence-corrected chi connectivity index (χ3v) is 4.78. The monoisotopic (exact) mass is 388 g/mol. The fourth-order valence-corrected chi connectivity index (χ4v) is 3.15. The number of fused-ring (bicyclic) bond motifs is 1. The van der Waals surface area contributed by atoms with Crippen LogP contribution in [0.2, 0.25) is 0 Å². The van der Waals surface area contributed by atoms with Gasteiger partial charge in [0.2, 0.25) is 5.91 Å². The molecule has 0 unspecified atom stereocenters. The SMILES string of the molecule is CN(Cc1cccnc1)C(=O)Cn1c(=O)n(C)c2cnc(-c3ccccc3)nc21. The number of amides is 1. The Morgan fingerprint density at radius 3 is 2.62 bits per heavy atom. The Balaban J connectivity index is 1.66. The number of benzene rings is 1. The molecule has 0 atom stereocenters. The van der Waals surface area contributed by atoms with E-state index in [2.05, 4.69) is 15.0 Å². The van der Waals surface area contributed by atoms with Gasteiger partial charge in [-0.25, -0.2) is 14.8 Å². The van der Waals surface area contributed by atoms with E-state index in [0.717, 1.165) is 11.1 Å². The van der Waals surface area contributed by atoms with Gasteiger partial charge in [-0.1, -0.05) is 36.4 Å². The first kappa shape index (κ1) is 18.5. The lowest BCUT2D eigenvalue weighted by Gasteiger charge is -2.17. The van der Waals surface area contributed by atoms with Gasteiger partial charge in [-0.3, -0.25) is 18.9 Å². The number of carbonyl (C=O) groups excluding carboxylic acids is 1. The van der Waals surface area contributed by atoms with Crippen molar-refractivity contribution in [3.63, 3.8) is 0 Å². The molecular weight excluding hydrogens is 368 g/mol. The molecule has 29 heavy (non-hydrogen) atoms. The van der Waals surface area contributed by atoms with Gasteiger partial charge in [0.1, 0.15) is 12.1 Å². The average Bonchev–Trinajstić information content (AvgIpc) is 2.99. The number of aryl methyl sites for hydroxylation is 1. The maximum Gasteiger partial charge on any atom is 0.330 e. The summed E-state index contributed by atoms with van der Waals surface area (Å²) in [5, 5.41) is 0. The molecule has 0 saturated heterocycles. The topological polar surface area (TPSA) is 85.9 Å². The van der Waals surface area contributed by atoms with Gasteiger partial charge in [0.25, 0.3) is 0 Å². The van der Waals surface area contributed by atoms with Gasteiger partial charge in [-0.05, 0) is 11.6 Å². The highest BCUT2D eigenvalue weighted by Crippen LogP contribution is 2.17. The number of rotatable bonds is 5. The molecule has 0 fully saturated rings. The average molecular weight is 388 g/mol. The van der Waals surface area contributed by atoms with Crippen molar-refractivity contribution >= 4 is 17.1 Å². The van der Waals surface area contributed by atoms with Crippen molar-refractivity contribution in [2.45, 2.75) is 13.1 Å². The Labute approximate surface area is 167 Å². The van der Waals surface area contributed by atoms with E-state index in [0.29, 0.717) is 23.5 Å². The molecule has 3 aromatic heterocycles. The van der Waals surface area contributed by atoms with Crippen LogP contribution in [0.15, 0.2) is 65.8 Å². The molecule has 1 amide bonds. The Morgan fingerprint density at radius 2 is 1.90 bits per heavy atom. The molecule has 146 valence electrons. The zero-order chi connectivity index (χ0) is 20.4. The number of imidazole rings is 1. The number of hydrogen-bond acceptors (Lipinski definition) is 5. The van der Waals surface area contributed by atoms with E-state index < -0.39 is 0 Å².